The van der Waals surface area contributed by atoms with Gasteiger partial charge in [0.05, 0.1) is 23.9 Å². The number of anilines is 1. The lowest BCUT2D eigenvalue weighted by Gasteiger charge is -2.29. The van der Waals surface area contributed by atoms with Crippen LogP contribution >= 0.6 is 12.2 Å². The number of ether oxygens (including phenoxy) is 1. The van der Waals surface area contributed by atoms with Crippen LogP contribution in [0.4, 0.5) is 5.69 Å². The summed E-state index contributed by atoms with van der Waals surface area (Å²) < 4.78 is 8.61. The number of thiocarbonyl (C=S) groups is 1. The van der Waals surface area contributed by atoms with E-state index in [1.165, 1.54) is 41.0 Å². The van der Waals surface area contributed by atoms with E-state index in [9.17, 15) is 0 Å². The molecule has 1 aliphatic carbocycles. The Bertz CT molecular complexity index is 1430. The van der Waals surface area contributed by atoms with Crippen molar-refractivity contribution in [1.82, 2.24) is 14.9 Å². The van der Waals surface area contributed by atoms with Crippen molar-refractivity contribution in [3.05, 3.63) is 107 Å². The fourth-order valence-electron chi connectivity index (χ4n) is 6.22. The fourth-order valence-corrected chi connectivity index (χ4v) is 6.56. The quantitative estimate of drug-likeness (QED) is 0.269. The number of aromatic nitrogens is 2. The van der Waals surface area contributed by atoms with Gasteiger partial charge in [-0.15, -0.1) is 0 Å². The zero-order valence-electron chi connectivity index (χ0n) is 22.2. The molecule has 2 aromatic carbocycles. The molecular weight excluding hydrogens is 488 g/mol. The van der Waals surface area contributed by atoms with Crippen LogP contribution in [0.3, 0.4) is 0 Å². The Morgan fingerprint density at radius 3 is 2.24 bits per heavy atom. The average molecular weight is 523 g/mol. The van der Waals surface area contributed by atoms with Gasteiger partial charge in [0.2, 0.25) is 0 Å². The highest BCUT2D eigenvalue weighted by molar-refractivity contribution is 7.80. The standard InChI is InChI=1S/C32H34N4OS/c1-21-22(2)35(24-11-5-4-6-12-24)23(3)29(21)31-30(28-15-9-10-20-33-28)34-32(38)36(31)25-16-18-27(19-17-25)37-26-13-7-8-14-26/h4-6,9-12,15-20,26,30-31H,7-8,13-14H2,1-3H3,(H,34,38)/t30-,31+/m0/s1. The van der Waals surface area contributed by atoms with Crippen LogP contribution in [0.25, 0.3) is 5.69 Å². The minimum Gasteiger partial charge on any atom is -0.490 e. The Morgan fingerprint density at radius 2 is 1.55 bits per heavy atom. The van der Waals surface area contributed by atoms with Crippen molar-refractivity contribution < 1.29 is 4.74 Å². The number of pyridine rings is 1. The van der Waals surface area contributed by atoms with Crippen molar-refractivity contribution in [1.29, 1.82) is 0 Å². The highest BCUT2D eigenvalue weighted by atomic mass is 32.1. The van der Waals surface area contributed by atoms with E-state index in [1.54, 1.807) is 0 Å². The first-order chi connectivity index (χ1) is 18.5. The molecule has 0 amide bonds. The van der Waals surface area contributed by atoms with E-state index in [2.05, 4.69) is 96.2 Å². The van der Waals surface area contributed by atoms with Crippen molar-refractivity contribution in [3.63, 3.8) is 0 Å². The normalized spacial score (nSPS) is 19.7. The molecule has 1 saturated carbocycles. The van der Waals surface area contributed by atoms with Gasteiger partial charge in [-0.25, -0.2) is 0 Å². The summed E-state index contributed by atoms with van der Waals surface area (Å²) in [7, 11) is 0. The van der Waals surface area contributed by atoms with E-state index in [1.807, 2.05) is 18.3 Å². The summed E-state index contributed by atoms with van der Waals surface area (Å²) in [6.07, 6.45) is 7.00. The fraction of sp³-hybridized carbons (Fsp3) is 0.312. The minimum absolute atomic E-state index is 0.0531. The second-order valence-electron chi connectivity index (χ2n) is 10.4. The van der Waals surface area contributed by atoms with Gasteiger partial charge in [0.1, 0.15) is 5.75 Å². The number of benzene rings is 2. The van der Waals surface area contributed by atoms with Gasteiger partial charge in [-0.05, 0) is 113 Å². The number of para-hydroxylation sites is 1. The first-order valence-electron chi connectivity index (χ1n) is 13.5. The van der Waals surface area contributed by atoms with Gasteiger partial charge in [-0.1, -0.05) is 24.3 Å². The van der Waals surface area contributed by atoms with Gasteiger partial charge < -0.3 is 19.5 Å². The summed E-state index contributed by atoms with van der Waals surface area (Å²) in [5, 5.41) is 4.33. The Balaban J connectivity index is 1.44. The summed E-state index contributed by atoms with van der Waals surface area (Å²) in [5.74, 6) is 0.926. The second-order valence-corrected chi connectivity index (χ2v) is 10.8. The molecule has 2 aliphatic rings. The zero-order valence-corrected chi connectivity index (χ0v) is 23.0. The van der Waals surface area contributed by atoms with Crippen LogP contribution in [0, 0.1) is 20.8 Å². The van der Waals surface area contributed by atoms with Crippen molar-refractivity contribution >= 4 is 23.0 Å². The molecule has 0 radical (unpaired) electrons. The Labute approximate surface area is 230 Å². The Morgan fingerprint density at radius 1 is 0.842 bits per heavy atom. The van der Waals surface area contributed by atoms with Gasteiger partial charge in [0, 0.05) is 34.5 Å². The molecule has 6 rings (SSSR count). The van der Waals surface area contributed by atoms with Gasteiger partial charge in [0.25, 0.3) is 0 Å². The summed E-state index contributed by atoms with van der Waals surface area (Å²) >= 11 is 5.99. The monoisotopic (exact) mass is 522 g/mol. The van der Waals surface area contributed by atoms with E-state index in [-0.39, 0.29) is 12.1 Å². The summed E-state index contributed by atoms with van der Waals surface area (Å²) in [6.45, 7) is 6.65. The van der Waals surface area contributed by atoms with E-state index < -0.39 is 0 Å². The third-order valence-electron chi connectivity index (χ3n) is 8.14. The van der Waals surface area contributed by atoms with Gasteiger partial charge >= 0.3 is 0 Å². The highest BCUT2D eigenvalue weighted by Crippen LogP contribution is 2.45. The molecule has 2 atom stereocenters. The molecule has 0 unspecified atom stereocenters. The molecule has 3 heterocycles. The summed E-state index contributed by atoms with van der Waals surface area (Å²) in [4.78, 5) is 7.00. The van der Waals surface area contributed by atoms with Crippen LogP contribution in [0.5, 0.6) is 5.75 Å². The molecule has 5 nitrogen and oxygen atoms in total. The first-order valence-corrected chi connectivity index (χ1v) is 13.9. The van der Waals surface area contributed by atoms with Crippen molar-refractivity contribution in [2.75, 3.05) is 4.90 Å². The molecule has 2 fully saturated rings. The first kappa shape index (κ1) is 24.7. The molecular formula is C32H34N4OS. The van der Waals surface area contributed by atoms with Crippen LogP contribution in [-0.4, -0.2) is 20.8 Å². The Hall–Kier alpha value is -3.64. The van der Waals surface area contributed by atoms with E-state index >= 15 is 0 Å². The van der Waals surface area contributed by atoms with Gasteiger partial charge in [-0.3, -0.25) is 4.98 Å². The molecule has 4 aromatic rings. The number of hydrogen-bond acceptors (Lipinski definition) is 3. The number of rotatable bonds is 6. The molecule has 6 heteroatoms. The smallest absolute Gasteiger partial charge is 0.174 e. The minimum atomic E-state index is -0.0819. The second kappa shape index (κ2) is 10.3. The number of nitrogens with zero attached hydrogens (tertiary/aromatic N) is 3. The van der Waals surface area contributed by atoms with Gasteiger partial charge in [-0.2, -0.15) is 0 Å². The van der Waals surface area contributed by atoms with Crippen molar-refractivity contribution in [3.8, 4) is 11.4 Å². The molecule has 194 valence electrons. The molecule has 1 N–H and O–H groups in total. The molecule has 1 aliphatic heterocycles. The van der Waals surface area contributed by atoms with E-state index in [0.29, 0.717) is 11.2 Å². The largest absolute Gasteiger partial charge is 0.490 e. The maximum atomic E-state index is 6.25. The van der Waals surface area contributed by atoms with Crippen LogP contribution < -0.4 is 15.0 Å². The average Bonchev–Trinajstić information content (AvgIpc) is 3.63. The third kappa shape index (κ3) is 4.37. The predicted molar refractivity (Wildman–Crippen MR) is 157 cm³/mol. The van der Waals surface area contributed by atoms with Crippen LogP contribution in [0.15, 0.2) is 79.0 Å². The number of nitrogens with one attached hydrogen (secondary N) is 1. The zero-order chi connectivity index (χ0) is 26.2. The van der Waals surface area contributed by atoms with Crippen LogP contribution in [-0.2, 0) is 0 Å². The topological polar surface area (TPSA) is 42.3 Å². The molecule has 2 aromatic heterocycles. The molecule has 0 bridgehead atoms. The maximum absolute atomic E-state index is 6.25. The summed E-state index contributed by atoms with van der Waals surface area (Å²) in [6, 6.07) is 25.0. The molecule has 0 spiro atoms. The summed E-state index contributed by atoms with van der Waals surface area (Å²) in [5.41, 5.74) is 8.20. The van der Waals surface area contributed by atoms with Crippen molar-refractivity contribution in [2.45, 2.75) is 64.6 Å². The van der Waals surface area contributed by atoms with Crippen LogP contribution in [0.1, 0.15) is 66.0 Å². The number of hydrogen-bond donors (Lipinski definition) is 1. The lowest BCUT2D eigenvalue weighted by atomic mass is 9.93. The Kier molecular flexibility index (Phi) is 6.66. The maximum Gasteiger partial charge on any atom is 0.174 e. The van der Waals surface area contributed by atoms with Crippen molar-refractivity contribution in [2.24, 2.45) is 0 Å². The highest BCUT2D eigenvalue weighted by Gasteiger charge is 2.43. The molecule has 38 heavy (non-hydrogen) atoms. The molecule has 1 saturated heterocycles. The SMILES string of the molecule is Cc1c([C@@H]2[C@H](c3ccccn3)NC(=S)N2c2ccc(OC3CCCC3)cc2)c(C)n(-c2ccccc2)c1C. The lowest BCUT2D eigenvalue weighted by molar-refractivity contribution is 0.210. The third-order valence-corrected chi connectivity index (χ3v) is 8.45. The lowest BCUT2D eigenvalue weighted by Crippen LogP contribution is -2.29. The predicted octanol–water partition coefficient (Wildman–Crippen LogP) is 7.30. The van der Waals surface area contributed by atoms with Crippen LogP contribution in [0.2, 0.25) is 0 Å². The van der Waals surface area contributed by atoms with E-state index in [4.69, 9.17) is 21.9 Å². The van der Waals surface area contributed by atoms with Gasteiger partial charge in [0.15, 0.2) is 5.11 Å². The van der Waals surface area contributed by atoms with E-state index in [0.717, 1.165) is 30.0 Å².